The molecule has 0 spiro atoms. The number of amides is 1. The Morgan fingerprint density at radius 3 is 2.52 bits per heavy atom. The van der Waals surface area contributed by atoms with Gasteiger partial charge in [-0.1, -0.05) is 30.7 Å². The van der Waals surface area contributed by atoms with Crippen LogP contribution in [0.5, 0.6) is 0 Å². The van der Waals surface area contributed by atoms with Gasteiger partial charge in [0.25, 0.3) is 0 Å². The number of hydrogen-bond acceptors (Lipinski definition) is 3. The predicted molar refractivity (Wildman–Crippen MR) is 95.7 cm³/mol. The summed E-state index contributed by atoms with van der Waals surface area (Å²) in [5.41, 5.74) is 3.48. The molecule has 4 heteroatoms. The van der Waals surface area contributed by atoms with E-state index in [0.29, 0.717) is 12.5 Å². The molecule has 0 saturated carbocycles. The van der Waals surface area contributed by atoms with Crippen molar-refractivity contribution in [2.45, 2.75) is 53.7 Å². The molecular formula is C19H32N2O2. The highest BCUT2D eigenvalue weighted by Crippen LogP contribution is 2.11. The van der Waals surface area contributed by atoms with Gasteiger partial charge in [-0.15, -0.1) is 0 Å². The first-order valence-corrected chi connectivity index (χ1v) is 8.29. The van der Waals surface area contributed by atoms with E-state index in [-0.39, 0.29) is 6.09 Å². The van der Waals surface area contributed by atoms with Gasteiger partial charge in [-0.05, 0) is 58.2 Å². The number of rotatable bonds is 6. The van der Waals surface area contributed by atoms with Crippen LogP contribution in [0.4, 0.5) is 4.79 Å². The molecule has 1 unspecified atom stereocenters. The smallest absolute Gasteiger partial charge is 0.410 e. The lowest BCUT2D eigenvalue weighted by molar-refractivity contribution is 0.0277. The van der Waals surface area contributed by atoms with Gasteiger partial charge in [0.15, 0.2) is 0 Å². The highest BCUT2D eigenvalue weighted by atomic mass is 16.6. The predicted octanol–water partition coefficient (Wildman–Crippen LogP) is 3.90. The van der Waals surface area contributed by atoms with E-state index in [0.717, 1.165) is 13.1 Å². The molecule has 0 aromatic heterocycles. The monoisotopic (exact) mass is 320 g/mol. The molecule has 1 atom stereocenters. The van der Waals surface area contributed by atoms with Crippen LogP contribution in [0.2, 0.25) is 0 Å². The Kier molecular flexibility index (Phi) is 7.07. The van der Waals surface area contributed by atoms with Crippen molar-refractivity contribution in [3.05, 3.63) is 34.9 Å². The normalized spacial score (nSPS) is 12.8. The number of hydrogen-bond donors (Lipinski definition) is 1. The molecule has 0 radical (unpaired) electrons. The lowest BCUT2D eigenvalue weighted by Crippen LogP contribution is -2.38. The molecule has 1 aromatic carbocycles. The molecule has 1 aromatic rings. The van der Waals surface area contributed by atoms with E-state index in [4.69, 9.17) is 4.74 Å². The number of aryl methyl sites for hydroxylation is 2. The molecule has 1 rings (SSSR count). The summed E-state index contributed by atoms with van der Waals surface area (Å²) in [6.45, 7) is 14.4. The topological polar surface area (TPSA) is 41.6 Å². The summed E-state index contributed by atoms with van der Waals surface area (Å²) in [4.78, 5) is 13.6. The molecule has 0 aliphatic heterocycles. The van der Waals surface area contributed by atoms with Crippen LogP contribution in [0.3, 0.4) is 0 Å². The summed E-state index contributed by atoms with van der Waals surface area (Å²) in [6.07, 6.45) is -0.265. The third-order valence-electron chi connectivity index (χ3n) is 3.60. The molecule has 1 amide bonds. The van der Waals surface area contributed by atoms with Crippen molar-refractivity contribution < 1.29 is 9.53 Å². The quantitative estimate of drug-likeness (QED) is 0.864. The third kappa shape index (κ3) is 7.51. The number of nitrogens with one attached hydrogen (secondary N) is 1. The van der Waals surface area contributed by atoms with Crippen molar-refractivity contribution in [2.75, 3.05) is 20.1 Å². The number of ether oxygens (including phenoxy) is 1. The van der Waals surface area contributed by atoms with E-state index in [1.54, 1.807) is 11.9 Å². The van der Waals surface area contributed by atoms with Gasteiger partial charge in [-0.25, -0.2) is 4.79 Å². The first-order chi connectivity index (χ1) is 10.6. The van der Waals surface area contributed by atoms with Crippen molar-refractivity contribution >= 4 is 6.09 Å². The highest BCUT2D eigenvalue weighted by molar-refractivity contribution is 5.67. The van der Waals surface area contributed by atoms with Crippen molar-refractivity contribution in [3.63, 3.8) is 0 Å². The Bertz CT molecular complexity index is 521. The lowest BCUT2D eigenvalue weighted by Gasteiger charge is -2.26. The SMILES string of the molecule is Cc1ccc(CNCC(C)CN(C)C(=O)OC(C)(C)C)c(C)c1. The molecule has 130 valence electrons. The third-order valence-corrected chi connectivity index (χ3v) is 3.60. The van der Waals surface area contributed by atoms with E-state index in [1.807, 2.05) is 20.8 Å². The first-order valence-electron chi connectivity index (χ1n) is 8.29. The summed E-state index contributed by atoms with van der Waals surface area (Å²) < 4.78 is 5.37. The van der Waals surface area contributed by atoms with Crippen molar-refractivity contribution in [3.8, 4) is 0 Å². The maximum atomic E-state index is 11.9. The Morgan fingerprint density at radius 2 is 1.96 bits per heavy atom. The molecule has 0 aliphatic rings. The second-order valence-corrected chi connectivity index (χ2v) is 7.53. The molecule has 4 nitrogen and oxygen atoms in total. The molecule has 1 N–H and O–H groups in total. The lowest BCUT2D eigenvalue weighted by atomic mass is 10.1. The Balaban J connectivity index is 2.36. The zero-order chi connectivity index (χ0) is 17.6. The summed E-state index contributed by atoms with van der Waals surface area (Å²) in [7, 11) is 1.79. The van der Waals surface area contributed by atoms with Crippen LogP contribution in [-0.4, -0.2) is 36.7 Å². The van der Waals surface area contributed by atoms with Gasteiger partial charge in [0.2, 0.25) is 0 Å². The van der Waals surface area contributed by atoms with Gasteiger partial charge < -0.3 is 15.0 Å². The number of carbonyl (C=O) groups is 1. The maximum Gasteiger partial charge on any atom is 0.410 e. The van der Waals surface area contributed by atoms with E-state index in [1.165, 1.54) is 16.7 Å². The summed E-state index contributed by atoms with van der Waals surface area (Å²) in [5.74, 6) is 0.360. The van der Waals surface area contributed by atoms with Crippen LogP contribution in [0.25, 0.3) is 0 Å². The Morgan fingerprint density at radius 1 is 1.30 bits per heavy atom. The first kappa shape index (κ1) is 19.5. The molecule has 23 heavy (non-hydrogen) atoms. The maximum absolute atomic E-state index is 11.9. The molecular weight excluding hydrogens is 288 g/mol. The second kappa shape index (κ2) is 8.34. The fourth-order valence-electron chi connectivity index (χ4n) is 2.44. The van der Waals surface area contributed by atoms with Crippen molar-refractivity contribution in [2.24, 2.45) is 5.92 Å². The van der Waals surface area contributed by atoms with Gasteiger partial charge in [0.05, 0.1) is 0 Å². The highest BCUT2D eigenvalue weighted by Gasteiger charge is 2.20. The summed E-state index contributed by atoms with van der Waals surface area (Å²) in [5, 5.41) is 3.48. The summed E-state index contributed by atoms with van der Waals surface area (Å²) >= 11 is 0. The van der Waals surface area contributed by atoms with Crippen LogP contribution in [-0.2, 0) is 11.3 Å². The largest absolute Gasteiger partial charge is 0.444 e. The van der Waals surface area contributed by atoms with E-state index >= 15 is 0 Å². The van der Waals surface area contributed by atoms with Gasteiger partial charge in [-0.3, -0.25) is 0 Å². The molecule has 0 saturated heterocycles. The molecule has 0 fully saturated rings. The fraction of sp³-hybridized carbons (Fsp3) is 0.632. The minimum absolute atomic E-state index is 0.265. The molecule has 0 heterocycles. The second-order valence-electron chi connectivity index (χ2n) is 7.53. The van der Waals surface area contributed by atoms with Crippen molar-refractivity contribution in [1.82, 2.24) is 10.2 Å². The van der Waals surface area contributed by atoms with Gasteiger partial charge in [-0.2, -0.15) is 0 Å². The number of benzene rings is 1. The van der Waals surface area contributed by atoms with E-state index < -0.39 is 5.60 Å². The van der Waals surface area contributed by atoms with Crippen LogP contribution in [0.1, 0.15) is 44.4 Å². The summed E-state index contributed by atoms with van der Waals surface area (Å²) in [6, 6.07) is 6.52. The zero-order valence-electron chi connectivity index (χ0n) is 15.7. The number of nitrogens with zero attached hydrogens (tertiary/aromatic N) is 1. The standard InChI is InChI=1S/C19H32N2O2/c1-14-8-9-17(16(3)10-14)12-20-11-15(2)13-21(7)18(22)23-19(4,5)6/h8-10,15,20H,11-13H2,1-7H3. The molecule has 0 aliphatic carbocycles. The van der Waals surface area contributed by atoms with Gasteiger partial charge in [0, 0.05) is 20.1 Å². The van der Waals surface area contributed by atoms with Crippen LogP contribution in [0.15, 0.2) is 18.2 Å². The van der Waals surface area contributed by atoms with E-state index in [2.05, 4.69) is 44.3 Å². The minimum atomic E-state index is -0.449. The minimum Gasteiger partial charge on any atom is -0.444 e. The van der Waals surface area contributed by atoms with Crippen LogP contribution >= 0.6 is 0 Å². The van der Waals surface area contributed by atoms with Gasteiger partial charge >= 0.3 is 6.09 Å². The fourth-order valence-corrected chi connectivity index (χ4v) is 2.44. The van der Waals surface area contributed by atoms with Crippen LogP contribution < -0.4 is 5.32 Å². The van der Waals surface area contributed by atoms with E-state index in [9.17, 15) is 4.79 Å². The van der Waals surface area contributed by atoms with Crippen LogP contribution in [0, 0.1) is 19.8 Å². The Labute approximate surface area is 141 Å². The van der Waals surface area contributed by atoms with Gasteiger partial charge in [0.1, 0.15) is 5.60 Å². The average molecular weight is 320 g/mol. The zero-order valence-corrected chi connectivity index (χ0v) is 15.7. The Hall–Kier alpha value is -1.55. The number of carbonyl (C=O) groups excluding carboxylic acids is 1. The molecule has 0 bridgehead atoms. The average Bonchev–Trinajstić information content (AvgIpc) is 2.39. The van der Waals surface area contributed by atoms with Crippen molar-refractivity contribution in [1.29, 1.82) is 0 Å².